The molecule has 4 aliphatic heterocycles. The third-order valence-corrected chi connectivity index (χ3v) is 18.0. The average Bonchev–Trinajstić information content (AvgIpc) is 1.14. The molecular weight excluding hydrogens is 1050 g/mol. The highest BCUT2D eigenvalue weighted by Gasteiger charge is 2.42. The molecule has 0 radical (unpaired) electrons. The summed E-state index contributed by atoms with van der Waals surface area (Å²) in [7, 11) is 0. The molecule has 0 N–H and O–H groups in total. The van der Waals surface area contributed by atoms with Gasteiger partial charge in [0.25, 0.3) is 0 Å². The fourth-order valence-electron chi connectivity index (χ4n) is 14.1. The number of ether oxygens (including phenoxy) is 8. The lowest BCUT2D eigenvalue weighted by Crippen LogP contribution is -2.24. The Bertz CT molecular complexity index is 3020. The highest BCUT2D eigenvalue weighted by molar-refractivity contribution is 5.88. The van der Waals surface area contributed by atoms with Crippen LogP contribution in [0.15, 0.2) is 122 Å². The maximum absolute atomic E-state index is 7.25. The van der Waals surface area contributed by atoms with Gasteiger partial charge in [0, 0.05) is 118 Å². The van der Waals surface area contributed by atoms with Gasteiger partial charge >= 0.3 is 0 Å². The van der Waals surface area contributed by atoms with Crippen LogP contribution in [-0.2, 0) is 0 Å². The van der Waals surface area contributed by atoms with E-state index in [-0.39, 0.29) is 50.8 Å². The fraction of sp³-hybridized carbons (Fsp3) is 0.389. The molecule has 0 saturated heterocycles. The predicted molar refractivity (Wildman–Crippen MR) is 327 cm³/mol. The Hall–Kier alpha value is -8.12. The van der Waals surface area contributed by atoms with E-state index in [2.05, 4.69) is 120 Å². The molecule has 8 aromatic rings. The van der Waals surface area contributed by atoms with E-state index in [4.69, 9.17) is 37.9 Å². The highest BCUT2D eigenvalue weighted by atomic mass is 16.7. The van der Waals surface area contributed by atoms with Gasteiger partial charge in [0.2, 0.25) is 27.2 Å². The van der Waals surface area contributed by atoms with Crippen molar-refractivity contribution in [3.8, 4) is 90.5 Å². The van der Waals surface area contributed by atoms with Crippen LogP contribution >= 0.6 is 0 Å². The van der Waals surface area contributed by atoms with E-state index in [0.29, 0.717) is 0 Å². The van der Waals surface area contributed by atoms with Crippen molar-refractivity contribution in [3.63, 3.8) is 0 Å². The van der Waals surface area contributed by atoms with Crippen molar-refractivity contribution >= 4 is 0 Å². The molecule has 0 spiro atoms. The maximum atomic E-state index is 7.25. The van der Waals surface area contributed by atoms with Gasteiger partial charge in [-0.1, -0.05) is 105 Å². The molecule has 13 rings (SSSR count). The minimum absolute atomic E-state index is 0.0732. The molecule has 8 bridgehead atoms. The zero-order chi connectivity index (χ0) is 56.9. The van der Waals surface area contributed by atoms with E-state index >= 15 is 0 Å². The van der Waals surface area contributed by atoms with Gasteiger partial charge in [-0.25, -0.2) is 0 Å². The van der Waals surface area contributed by atoms with Crippen LogP contribution in [-0.4, -0.2) is 47.1 Å². The molecule has 0 fully saturated rings. The number of hydrogen-bond acceptors (Lipinski definition) is 12. The minimum atomic E-state index is -0.201. The lowest BCUT2D eigenvalue weighted by atomic mass is 9.73. The number of pyridine rings is 4. The number of hydrogen-bond donors (Lipinski definition) is 0. The molecule has 432 valence electrons. The first-order chi connectivity index (χ1) is 41.6. The lowest BCUT2D eigenvalue weighted by Gasteiger charge is -2.38. The Morgan fingerprint density at radius 3 is 0.619 bits per heavy atom. The van der Waals surface area contributed by atoms with Crippen LogP contribution in [0.4, 0.5) is 0 Å². The summed E-state index contributed by atoms with van der Waals surface area (Å²) in [6.07, 6.45) is 30.6. The van der Waals surface area contributed by atoms with Crippen molar-refractivity contribution in [3.05, 3.63) is 167 Å². The van der Waals surface area contributed by atoms with E-state index in [0.717, 1.165) is 238 Å². The van der Waals surface area contributed by atoms with Gasteiger partial charge in [0.05, 0.1) is 22.3 Å². The van der Waals surface area contributed by atoms with Crippen LogP contribution in [0.1, 0.15) is 199 Å². The van der Waals surface area contributed by atoms with E-state index < -0.39 is 0 Å². The summed E-state index contributed by atoms with van der Waals surface area (Å²) >= 11 is 0. The second kappa shape index (κ2) is 25.0. The first-order valence-electron chi connectivity index (χ1n) is 31.1. The molecule has 12 heteroatoms. The highest BCUT2D eigenvalue weighted by Crippen LogP contribution is 2.62. The minimum Gasteiger partial charge on any atom is -0.456 e. The lowest BCUT2D eigenvalue weighted by molar-refractivity contribution is 0.101. The molecule has 0 unspecified atom stereocenters. The van der Waals surface area contributed by atoms with Crippen molar-refractivity contribution in [2.24, 2.45) is 0 Å². The van der Waals surface area contributed by atoms with Gasteiger partial charge < -0.3 is 37.9 Å². The summed E-state index contributed by atoms with van der Waals surface area (Å²) in [4.78, 5) is 18.2. The van der Waals surface area contributed by atoms with Crippen molar-refractivity contribution in [2.75, 3.05) is 27.2 Å². The summed E-state index contributed by atoms with van der Waals surface area (Å²) in [5, 5.41) is 0. The quantitative estimate of drug-likeness (QED) is 0.0675. The number of rotatable bonds is 20. The van der Waals surface area contributed by atoms with Crippen molar-refractivity contribution in [2.45, 2.75) is 154 Å². The maximum Gasteiger partial charge on any atom is 0.230 e. The number of nitrogens with zero attached hydrogens (tertiary/aromatic N) is 4. The Labute approximate surface area is 494 Å². The summed E-state index contributed by atoms with van der Waals surface area (Å²) < 4.78 is 58.0. The Morgan fingerprint density at radius 1 is 0.274 bits per heavy atom. The molecule has 1 aliphatic carbocycles. The molecular formula is C72H76N4O8. The molecule has 84 heavy (non-hydrogen) atoms. The third kappa shape index (κ3) is 10.2. The summed E-state index contributed by atoms with van der Waals surface area (Å²) in [5.41, 5.74) is 16.1. The largest absolute Gasteiger partial charge is 0.456 e. The van der Waals surface area contributed by atoms with Crippen LogP contribution in [0.3, 0.4) is 0 Å². The second-order valence-corrected chi connectivity index (χ2v) is 23.1. The Balaban J connectivity index is 1.25. The molecule has 4 aromatic carbocycles. The first kappa shape index (κ1) is 55.1. The normalized spacial score (nSPS) is 17.7. The summed E-state index contributed by atoms with van der Waals surface area (Å²) in [6, 6.07) is 26.5. The van der Waals surface area contributed by atoms with E-state index in [1.165, 1.54) is 0 Å². The van der Waals surface area contributed by atoms with Crippen LogP contribution in [0.2, 0.25) is 0 Å². The summed E-state index contributed by atoms with van der Waals surface area (Å²) in [6.45, 7) is 8.83. The van der Waals surface area contributed by atoms with Crippen molar-refractivity contribution in [1.82, 2.24) is 19.9 Å². The van der Waals surface area contributed by atoms with Crippen LogP contribution in [0.25, 0.3) is 44.5 Å². The first-order valence-corrected chi connectivity index (χ1v) is 31.1. The van der Waals surface area contributed by atoms with E-state index in [1.807, 2.05) is 49.6 Å². The van der Waals surface area contributed by atoms with Gasteiger partial charge in [0.1, 0.15) is 46.0 Å². The van der Waals surface area contributed by atoms with Crippen molar-refractivity contribution < 1.29 is 37.9 Å². The average molecular weight is 1130 g/mol. The SMILES string of the molecule is CCCCCC1c2cc3c4c(-c5ccncc5)c2OCOc2c1cc1c(c2-c2ccncc2)OCOc2c(cc5c(c2-c2ccncc2)OCOc2c(cc(c(c2-c2ccncc2)OCO4)C3CCCCC)C5CCCCC)C1CCCCC. The van der Waals surface area contributed by atoms with Gasteiger partial charge in [-0.2, -0.15) is 0 Å². The zero-order valence-electron chi connectivity index (χ0n) is 49.1. The van der Waals surface area contributed by atoms with Gasteiger partial charge in [0.15, 0.2) is 0 Å². The van der Waals surface area contributed by atoms with Gasteiger partial charge in [-0.05, 0) is 121 Å². The second-order valence-electron chi connectivity index (χ2n) is 23.1. The van der Waals surface area contributed by atoms with Crippen molar-refractivity contribution in [1.29, 1.82) is 0 Å². The summed E-state index contributed by atoms with van der Waals surface area (Å²) in [5.74, 6) is 5.14. The molecule has 12 nitrogen and oxygen atoms in total. The molecule has 0 saturated carbocycles. The van der Waals surface area contributed by atoms with E-state index in [1.54, 1.807) is 0 Å². The smallest absolute Gasteiger partial charge is 0.230 e. The number of unbranched alkanes of at least 4 members (excludes halogenated alkanes) is 8. The van der Waals surface area contributed by atoms with Crippen LogP contribution in [0, 0.1) is 0 Å². The number of aromatic nitrogens is 4. The molecule has 8 heterocycles. The Morgan fingerprint density at radius 2 is 0.452 bits per heavy atom. The monoisotopic (exact) mass is 1120 g/mol. The molecule has 4 aromatic heterocycles. The molecule has 5 aliphatic rings. The molecule has 0 amide bonds. The molecule has 0 atom stereocenters. The van der Waals surface area contributed by atoms with Gasteiger partial charge in [-0.3, -0.25) is 19.9 Å². The standard InChI is InChI=1S/C72H76N4O8/c1-5-9-13-17-49-53-37-55-50(18-14-10-6-2)57-39-59-52(20-16-12-8-4)60-40-58-51(19-15-11-7-3)56-38-54(49)66-62(46-23-31-74-32-24-46)68(56)80-43-82-70(58)64(48-27-35-76-36-28-48)72(60)84-44-83-71(59)63(47-25-33-75-34-26-47)69(57)81-42-79-67(55)61(65(53)77-41-78-66)45-21-29-73-30-22-45/h21-40,49-52H,5-20,41-44H2,1-4H3. The van der Waals surface area contributed by atoms with Gasteiger partial charge in [-0.15, -0.1) is 0 Å². The third-order valence-electron chi connectivity index (χ3n) is 18.0. The van der Waals surface area contributed by atoms with Crippen LogP contribution in [0.5, 0.6) is 46.0 Å². The Kier molecular flexibility index (Phi) is 16.4. The van der Waals surface area contributed by atoms with E-state index in [9.17, 15) is 0 Å². The topological polar surface area (TPSA) is 125 Å². The fourth-order valence-corrected chi connectivity index (χ4v) is 14.1. The van der Waals surface area contributed by atoms with Crippen LogP contribution < -0.4 is 37.9 Å². The number of benzene rings is 4. The predicted octanol–water partition coefficient (Wildman–Crippen LogP) is 18.0. The zero-order valence-corrected chi connectivity index (χ0v) is 49.1.